The lowest BCUT2D eigenvalue weighted by atomic mass is 9.67. The maximum absolute atomic E-state index is 11.9. The largest absolute Gasteiger partial charge is 0.375 e. The maximum Gasteiger partial charge on any atom is 0.245 e. The van der Waals surface area contributed by atoms with Gasteiger partial charge in [0.1, 0.15) is 6.61 Å². The van der Waals surface area contributed by atoms with Crippen molar-refractivity contribution in [2.75, 3.05) is 53.0 Å². The minimum absolute atomic E-state index is 0.0314. The van der Waals surface area contributed by atoms with E-state index in [9.17, 15) is 4.79 Å². The molecule has 3 fully saturated rings. The van der Waals surface area contributed by atoms with Crippen LogP contribution in [0.3, 0.4) is 0 Å². The number of carbonyl (C=O) groups excluding carboxylic acids is 1. The Balaban J connectivity index is 1.57. The normalized spacial score (nSPS) is 27.5. The molecule has 1 unspecified atom stereocenters. The number of piperidine rings is 1. The first-order valence-corrected chi connectivity index (χ1v) is 11.2. The highest BCUT2D eigenvalue weighted by atomic mass is 16.5. The van der Waals surface area contributed by atoms with E-state index in [1.807, 2.05) is 0 Å². The Bertz CT molecular complexity index is 468. The van der Waals surface area contributed by atoms with Crippen LogP contribution < -0.4 is 5.32 Å². The van der Waals surface area contributed by atoms with Gasteiger partial charge in [-0.2, -0.15) is 0 Å². The molecule has 2 heterocycles. The summed E-state index contributed by atoms with van der Waals surface area (Å²) in [5.41, 5.74) is 0.438. The van der Waals surface area contributed by atoms with Crippen LogP contribution >= 0.6 is 0 Å². The highest BCUT2D eigenvalue weighted by molar-refractivity contribution is 5.77. The van der Waals surface area contributed by atoms with E-state index in [4.69, 9.17) is 4.74 Å². The van der Waals surface area contributed by atoms with Gasteiger partial charge in [0.15, 0.2) is 0 Å². The quantitative estimate of drug-likeness (QED) is 0.739. The molecule has 0 aromatic rings. The number of likely N-dealkylation sites (tertiary alicyclic amines) is 2. The fourth-order valence-electron chi connectivity index (χ4n) is 5.86. The average molecular weight is 380 g/mol. The zero-order valence-electron chi connectivity index (χ0n) is 17.8. The lowest BCUT2D eigenvalue weighted by molar-refractivity contribution is -0.125. The summed E-state index contributed by atoms with van der Waals surface area (Å²) in [7, 11) is 1.59. The summed E-state index contributed by atoms with van der Waals surface area (Å²) < 4.78 is 4.98. The predicted octanol–water partition coefficient (Wildman–Crippen LogP) is 2.75. The number of hydrogen-bond acceptors (Lipinski definition) is 4. The molecule has 1 atom stereocenters. The van der Waals surface area contributed by atoms with Crippen molar-refractivity contribution in [2.24, 2.45) is 17.3 Å². The van der Waals surface area contributed by atoms with E-state index in [1.165, 1.54) is 77.7 Å². The Hall–Kier alpha value is -0.650. The molecule has 5 heteroatoms. The summed E-state index contributed by atoms with van der Waals surface area (Å²) in [5, 5.41) is 3.15. The molecule has 3 aliphatic rings. The van der Waals surface area contributed by atoms with Crippen molar-refractivity contribution in [3.63, 3.8) is 0 Å². The van der Waals surface area contributed by atoms with Gasteiger partial charge in [0.2, 0.25) is 5.91 Å². The molecular weight excluding hydrogens is 338 g/mol. The van der Waals surface area contributed by atoms with E-state index in [1.54, 1.807) is 7.11 Å². The van der Waals surface area contributed by atoms with E-state index in [-0.39, 0.29) is 12.5 Å². The highest BCUT2D eigenvalue weighted by Gasteiger charge is 2.48. The molecule has 2 aliphatic heterocycles. The summed E-state index contributed by atoms with van der Waals surface area (Å²) in [5.74, 6) is 1.40. The van der Waals surface area contributed by atoms with Crippen molar-refractivity contribution >= 4 is 5.91 Å². The van der Waals surface area contributed by atoms with Crippen LogP contribution in [-0.4, -0.2) is 74.7 Å². The Morgan fingerprint density at radius 3 is 2.52 bits per heavy atom. The third-order valence-electron chi connectivity index (χ3n) is 7.21. The fourth-order valence-corrected chi connectivity index (χ4v) is 5.86. The molecule has 5 nitrogen and oxygen atoms in total. The van der Waals surface area contributed by atoms with Gasteiger partial charge < -0.3 is 15.0 Å². The van der Waals surface area contributed by atoms with Crippen LogP contribution in [-0.2, 0) is 9.53 Å². The van der Waals surface area contributed by atoms with Gasteiger partial charge in [-0.3, -0.25) is 9.69 Å². The molecule has 1 aliphatic carbocycles. The van der Waals surface area contributed by atoms with E-state index in [0.29, 0.717) is 11.3 Å². The zero-order chi connectivity index (χ0) is 19.3. The van der Waals surface area contributed by atoms with Gasteiger partial charge in [-0.15, -0.1) is 0 Å². The monoisotopic (exact) mass is 379 g/mol. The van der Waals surface area contributed by atoms with Crippen LogP contribution in [0.4, 0.5) is 0 Å². The summed E-state index contributed by atoms with van der Waals surface area (Å²) in [6, 6.07) is 0.742. The van der Waals surface area contributed by atoms with Crippen molar-refractivity contribution < 1.29 is 9.53 Å². The third kappa shape index (κ3) is 5.45. The molecule has 0 bridgehead atoms. The number of amides is 1. The zero-order valence-corrected chi connectivity index (χ0v) is 17.8. The average Bonchev–Trinajstić information content (AvgIpc) is 2.99. The number of ether oxygens (including phenoxy) is 1. The molecule has 1 amide bonds. The fraction of sp³-hybridized carbons (Fsp3) is 0.955. The molecule has 2 saturated heterocycles. The van der Waals surface area contributed by atoms with Gasteiger partial charge in [-0.25, -0.2) is 0 Å². The third-order valence-corrected chi connectivity index (χ3v) is 7.21. The molecule has 1 saturated carbocycles. The Morgan fingerprint density at radius 1 is 1.19 bits per heavy atom. The number of hydrogen-bond donors (Lipinski definition) is 1. The molecule has 1 spiro atoms. The van der Waals surface area contributed by atoms with Gasteiger partial charge in [0.25, 0.3) is 0 Å². The van der Waals surface area contributed by atoms with Crippen molar-refractivity contribution in [3.8, 4) is 0 Å². The van der Waals surface area contributed by atoms with E-state index < -0.39 is 0 Å². The van der Waals surface area contributed by atoms with Crippen molar-refractivity contribution in [3.05, 3.63) is 0 Å². The molecule has 0 aromatic carbocycles. The molecule has 1 N–H and O–H groups in total. The minimum Gasteiger partial charge on any atom is -0.375 e. The van der Waals surface area contributed by atoms with Gasteiger partial charge in [-0.1, -0.05) is 33.1 Å². The van der Waals surface area contributed by atoms with Crippen LogP contribution in [0.15, 0.2) is 0 Å². The van der Waals surface area contributed by atoms with Gasteiger partial charge >= 0.3 is 0 Å². The van der Waals surface area contributed by atoms with Crippen LogP contribution in [0.5, 0.6) is 0 Å². The molecule has 0 radical (unpaired) electrons. The number of nitrogens with one attached hydrogen (secondary N) is 1. The van der Waals surface area contributed by atoms with E-state index in [0.717, 1.165) is 18.5 Å². The summed E-state index contributed by atoms with van der Waals surface area (Å²) in [6.07, 6.45) is 9.43. The number of carbonyl (C=O) groups is 1. The second kappa shape index (κ2) is 9.71. The minimum atomic E-state index is 0.0314. The molecule has 27 heavy (non-hydrogen) atoms. The first-order valence-electron chi connectivity index (χ1n) is 11.2. The van der Waals surface area contributed by atoms with Crippen LogP contribution in [0.25, 0.3) is 0 Å². The van der Waals surface area contributed by atoms with E-state index in [2.05, 4.69) is 29.0 Å². The van der Waals surface area contributed by atoms with Crippen LogP contribution in [0.2, 0.25) is 0 Å². The summed E-state index contributed by atoms with van der Waals surface area (Å²) in [4.78, 5) is 17.4. The predicted molar refractivity (Wildman–Crippen MR) is 110 cm³/mol. The number of nitrogens with zero attached hydrogens (tertiary/aromatic N) is 2. The molecule has 156 valence electrons. The topological polar surface area (TPSA) is 44.8 Å². The SMILES string of the molecule is COCC(=O)NCC1CN(C2CCN(CC(C)C)CC2)CC12CCCCC2. The number of rotatable bonds is 7. The molecule has 3 rings (SSSR count). The second-order valence-corrected chi connectivity index (χ2v) is 9.71. The highest BCUT2D eigenvalue weighted by Crippen LogP contribution is 2.48. The lowest BCUT2D eigenvalue weighted by Gasteiger charge is -2.40. The van der Waals surface area contributed by atoms with Gasteiger partial charge in [0, 0.05) is 39.3 Å². The van der Waals surface area contributed by atoms with Crippen LogP contribution in [0, 0.1) is 17.3 Å². The second-order valence-electron chi connectivity index (χ2n) is 9.71. The van der Waals surface area contributed by atoms with Crippen molar-refractivity contribution in [1.29, 1.82) is 0 Å². The van der Waals surface area contributed by atoms with Gasteiger partial charge in [-0.05, 0) is 56.0 Å². The molecular formula is C22H41N3O2. The summed E-state index contributed by atoms with van der Waals surface area (Å²) >= 11 is 0. The van der Waals surface area contributed by atoms with Crippen molar-refractivity contribution in [1.82, 2.24) is 15.1 Å². The standard InChI is InChI=1S/C22H41N3O2/c1-18(2)14-24-11-7-20(8-12-24)25-15-19(13-23-21(26)16-27-3)22(17-25)9-5-4-6-10-22/h18-20H,4-17H2,1-3H3,(H,23,26). The van der Waals surface area contributed by atoms with Gasteiger partial charge in [0.05, 0.1) is 0 Å². The Labute approximate surface area is 166 Å². The smallest absolute Gasteiger partial charge is 0.245 e. The molecule has 0 aromatic heterocycles. The first-order chi connectivity index (χ1) is 13.0. The number of methoxy groups -OCH3 is 1. The summed E-state index contributed by atoms with van der Waals surface area (Å²) in [6.45, 7) is 11.8. The Kier molecular flexibility index (Phi) is 7.57. The maximum atomic E-state index is 11.9. The lowest BCUT2D eigenvalue weighted by Crippen LogP contribution is -2.45. The van der Waals surface area contributed by atoms with Crippen molar-refractivity contribution in [2.45, 2.75) is 64.8 Å². The van der Waals surface area contributed by atoms with Crippen LogP contribution in [0.1, 0.15) is 58.8 Å². The Morgan fingerprint density at radius 2 is 1.89 bits per heavy atom. The van der Waals surface area contributed by atoms with E-state index >= 15 is 0 Å². The first kappa shape index (κ1) is 21.1.